The molecule has 2 atom stereocenters. The molecule has 0 radical (unpaired) electrons. The lowest BCUT2D eigenvalue weighted by molar-refractivity contribution is 0.170. The third-order valence-corrected chi connectivity index (χ3v) is 2.72. The summed E-state index contributed by atoms with van der Waals surface area (Å²) in [5, 5.41) is 22.5. The first kappa shape index (κ1) is 14.8. The second-order valence-corrected chi connectivity index (χ2v) is 4.56. The van der Waals surface area contributed by atoms with E-state index in [0.29, 0.717) is 25.3 Å². The standard InChI is InChI=1S/C14H23NO3/c1-4-18-13-7-5-6-12(14(13)17)9-15-10(2)8-11(3)16/h5-7,10-11,15-17H,4,8-9H2,1-3H3. The Morgan fingerprint density at radius 2 is 2.06 bits per heavy atom. The van der Waals surface area contributed by atoms with Crippen LogP contribution in [0.5, 0.6) is 11.5 Å². The number of rotatable bonds is 7. The molecule has 0 amide bonds. The first-order valence-electron chi connectivity index (χ1n) is 6.39. The van der Waals surface area contributed by atoms with Crippen LogP contribution in [0.2, 0.25) is 0 Å². The zero-order valence-corrected chi connectivity index (χ0v) is 11.3. The van der Waals surface area contributed by atoms with Gasteiger partial charge in [-0.25, -0.2) is 0 Å². The summed E-state index contributed by atoms with van der Waals surface area (Å²) < 4.78 is 5.33. The summed E-state index contributed by atoms with van der Waals surface area (Å²) >= 11 is 0. The van der Waals surface area contributed by atoms with Gasteiger partial charge in [0.25, 0.3) is 0 Å². The van der Waals surface area contributed by atoms with Crippen molar-refractivity contribution in [1.29, 1.82) is 0 Å². The number of aliphatic hydroxyl groups is 1. The summed E-state index contributed by atoms with van der Waals surface area (Å²) in [6, 6.07) is 5.67. The van der Waals surface area contributed by atoms with Gasteiger partial charge < -0.3 is 20.3 Å². The highest BCUT2D eigenvalue weighted by Gasteiger charge is 2.10. The quantitative estimate of drug-likeness (QED) is 0.696. The van der Waals surface area contributed by atoms with E-state index in [1.165, 1.54) is 0 Å². The van der Waals surface area contributed by atoms with Crippen LogP contribution in [0.3, 0.4) is 0 Å². The van der Waals surface area contributed by atoms with Crippen molar-refractivity contribution in [2.24, 2.45) is 0 Å². The molecule has 1 rings (SSSR count). The van der Waals surface area contributed by atoms with Gasteiger partial charge in [-0.05, 0) is 33.3 Å². The van der Waals surface area contributed by atoms with Gasteiger partial charge in [-0.1, -0.05) is 12.1 Å². The van der Waals surface area contributed by atoms with Gasteiger partial charge in [0.15, 0.2) is 11.5 Å². The minimum atomic E-state index is -0.323. The molecule has 0 saturated heterocycles. The third kappa shape index (κ3) is 4.55. The van der Waals surface area contributed by atoms with Crippen LogP contribution in [0.1, 0.15) is 32.8 Å². The molecular formula is C14H23NO3. The number of aliphatic hydroxyl groups excluding tert-OH is 1. The number of benzene rings is 1. The Hall–Kier alpha value is -1.26. The largest absolute Gasteiger partial charge is 0.504 e. The zero-order chi connectivity index (χ0) is 13.5. The fourth-order valence-corrected chi connectivity index (χ4v) is 1.86. The molecule has 0 heterocycles. The fourth-order valence-electron chi connectivity index (χ4n) is 1.86. The zero-order valence-electron chi connectivity index (χ0n) is 11.3. The maximum atomic E-state index is 10.0. The Morgan fingerprint density at radius 3 is 2.67 bits per heavy atom. The number of para-hydroxylation sites is 1. The van der Waals surface area contributed by atoms with E-state index in [9.17, 15) is 10.2 Å². The van der Waals surface area contributed by atoms with E-state index in [-0.39, 0.29) is 17.9 Å². The molecule has 1 aromatic carbocycles. The molecule has 0 aromatic heterocycles. The van der Waals surface area contributed by atoms with Gasteiger partial charge in [0.2, 0.25) is 0 Å². The van der Waals surface area contributed by atoms with E-state index in [0.717, 1.165) is 5.56 Å². The summed E-state index contributed by atoms with van der Waals surface area (Å²) in [6.45, 7) is 6.75. The second-order valence-electron chi connectivity index (χ2n) is 4.56. The van der Waals surface area contributed by atoms with Crippen LogP contribution >= 0.6 is 0 Å². The van der Waals surface area contributed by atoms with Crippen molar-refractivity contribution in [3.8, 4) is 11.5 Å². The second kappa shape index (κ2) is 7.24. The van der Waals surface area contributed by atoms with Gasteiger partial charge >= 0.3 is 0 Å². The molecule has 102 valence electrons. The van der Waals surface area contributed by atoms with Crippen molar-refractivity contribution in [2.75, 3.05) is 6.61 Å². The molecule has 0 fully saturated rings. The van der Waals surface area contributed by atoms with Crippen LogP contribution in [-0.4, -0.2) is 29.0 Å². The molecule has 0 saturated carbocycles. The molecule has 0 bridgehead atoms. The summed E-state index contributed by atoms with van der Waals surface area (Å²) in [6.07, 6.45) is 0.363. The molecule has 1 aromatic rings. The van der Waals surface area contributed by atoms with Crippen molar-refractivity contribution >= 4 is 0 Å². The monoisotopic (exact) mass is 253 g/mol. The van der Waals surface area contributed by atoms with Crippen LogP contribution in [0, 0.1) is 0 Å². The van der Waals surface area contributed by atoms with Crippen molar-refractivity contribution in [3.05, 3.63) is 23.8 Å². The predicted molar refractivity (Wildman–Crippen MR) is 71.9 cm³/mol. The Kier molecular flexibility index (Phi) is 5.95. The van der Waals surface area contributed by atoms with Crippen LogP contribution in [-0.2, 0) is 6.54 Å². The summed E-state index contributed by atoms with van der Waals surface area (Å²) in [5.41, 5.74) is 0.804. The maximum Gasteiger partial charge on any atom is 0.162 e. The normalized spacial score (nSPS) is 14.2. The van der Waals surface area contributed by atoms with E-state index >= 15 is 0 Å². The van der Waals surface area contributed by atoms with Crippen LogP contribution < -0.4 is 10.1 Å². The highest BCUT2D eigenvalue weighted by molar-refractivity contribution is 5.45. The molecule has 4 heteroatoms. The summed E-state index contributed by atoms with van der Waals surface area (Å²) in [7, 11) is 0. The summed E-state index contributed by atoms with van der Waals surface area (Å²) in [5.74, 6) is 0.705. The minimum absolute atomic E-state index is 0.191. The van der Waals surface area contributed by atoms with Crippen LogP contribution in [0.15, 0.2) is 18.2 Å². The molecule has 0 aliphatic heterocycles. The predicted octanol–water partition coefficient (Wildman–Crippen LogP) is 2.04. The third-order valence-electron chi connectivity index (χ3n) is 2.72. The lowest BCUT2D eigenvalue weighted by atomic mass is 10.1. The Balaban J connectivity index is 2.59. The molecule has 4 nitrogen and oxygen atoms in total. The Labute approximate surface area is 109 Å². The van der Waals surface area contributed by atoms with Gasteiger partial charge in [-0.15, -0.1) is 0 Å². The average molecular weight is 253 g/mol. The van der Waals surface area contributed by atoms with Crippen LogP contribution in [0.4, 0.5) is 0 Å². The number of nitrogens with one attached hydrogen (secondary N) is 1. The van der Waals surface area contributed by atoms with Crippen molar-refractivity contribution in [1.82, 2.24) is 5.32 Å². The highest BCUT2D eigenvalue weighted by atomic mass is 16.5. The fraction of sp³-hybridized carbons (Fsp3) is 0.571. The first-order chi connectivity index (χ1) is 8.54. The average Bonchev–Trinajstić information content (AvgIpc) is 2.29. The van der Waals surface area contributed by atoms with E-state index in [2.05, 4.69) is 5.32 Å². The molecule has 18 heavy (non-hydrogen) atoms. The van der Waals surface area contributed by atoms with Gasteiger partial charge in [0.05, 0.1) is 12.7 Å². The van der Waals surface area contributed by atoms with E-state index in [1.807, 2.05) is 26.0 Å². The van der Waals surface area contributed by atoms with Gasteiger partial charge in [0.1, 0.15) is 0 Å². The van der Waals surface area contributed by atoms with Crippen molar-refractivity contribution in [2.45, 2.75) is 45.9 Å². The van der Waals surface area contributed by atoms with Gasteiger partial charge in [0, 0.05) is 18.2 Å². The number of ether oxygens (including phenoxy) is 1. The maximum absolute atomic E-state index is 10.0. The molecular weight excluding hydrogens is 230 g/mol. The van der Waals surface area contributed by atoms with E-state index in [4.69, 9.17) is 4.74 Å². The number of phenolic OH excluding ortho intramolecular Hbond substituents is 1. The molecule has 0 aliphatic carbocycles. The number of hydrogen-bond donors (Lipinski definition) is 3. The first-order valence-corrected chi connectivity index (χ1v) is 6.39. The Bertz CT molecular complexity index is 366. The Morgan fingerprint density at radius 1 is 1.33 bits per heavy atom. The number of phenols is 1. The van der Waals surface area contributed by atoms with Crippen molar-refractivity contribution < 1.29 is 14.9 Å². The summed E-state index contributed by atoms with van der Waals surface area (Å²) in [4.78, 5) is 0. The van der Waals surface area contributed by atoms with E-state index < -0.39 is 0 Å². The smallest absolute Gasteiger partial charge is 0.162 e. The lowest BCUT2D eigenvalue weighted by Crippen LogP contribution is -2.28. The number of aromatic hydroxyl groups is 1. The van der Waals surface area contributed by atoms with Gasteiger partial charge in [-0.3, -0.25) is 0 Å². The molecule has 3 N–H and O–H groups in total. The molecule has 0 spiro atoms. The van der Waals surface area contributed by atoms with E-state index in [1.54, 1.807) is 13.0 Å². The molecule has 2 unspecified atom stereocenters. The lowest BCUT2D eigenvalue weighted by Gasteiger charge is -2.16. The SMILES string of the molecule is CCOc1cccc(CNC(C)CC(C)O)c1O. The van der Waals surface area contributed by atoms with Crippen LogP contribution in [0.25, 0.3) is 0 Å². The minimum Gasteiger partial charge on any atom is -0.504 e. The van der Waals surface area contributed by atoms with Gasteiger partial charge in [-0.2, -0.15) is 0 Å². The number of hydrogen-bond acceptors (Lipinski definition) is 4. The molecule has 0 aliphatic rings. The topological polar surface area (TPSA) is 61.7 Å². The van der Waals surface area contributed by atoms with Crippen molar-refractivity contribution in [3.63, 3.8) is 0 Å². The highest BCUT2D eigenvalue weighted by Crippen LogP contribution is 2.29.